The van der Waals surface area contributed by atoms with Gasteiger partial charge in [0, 0.05) is 22.7 Å². The van der Waals surface area contributed by atoms with Crippen molar-refractivity contribution in [3.05, 3.63) is 12.2 Å². The summed E-state index contributed by atoms with van der Waals surface area (Å²) in [6.07, 6.45) is 3.36. The maximum atomic E-state index is 9.64. The van der Waals surface area contributed by atoms with Crippen LogP contribution in [0.4, 0.5) is 0 Å². The summed E-state index contributed by atoms with van der Waals surface area (Å²) >= 11 is 0. The van der Waals surface area contributed by atoms with Crippen LogP contribution in [0.15, 0.2) is 12.2 Å². The van der Waals surface area contributed by atoms with E-state index >= 15 is 0 Å². The fourth-order valence-electron chi connectivity index (χ4n) is 1.99. The van der Waals surface area contributed by atoms with Crippen LogP contribution in [0.2, 0.25) is 0 Å². The third-order valence-corrected chi connectivity index (χ3v) is 6.04. The first kappa shape index (κ1) is 79.2. The molecule has 0 aliphatic rings. The fourth-order valence-corrected chi connectivity index (χ4v) is 1.99. The summed E-state index contributed by atoms with van der Waals surface area (Å²) in [5.74, 6) is 0. The molecule has 0 saturated heterocycles. The number of aliphatic hydroxyl groups excluding tert-OH is 7. The van der Waals surface area contributed by atoms with Crippen LogP contribution < -0.4 is 64.2 Å². The number of aldehydes is 1. The SMILES string of the molecule is C.C.C.C.C.C=C(C=O)CC.CCC(CO)(CO)CO.CCC(CO)(CO)COCC(CC)(CO)CO.O=C[O-].[Na+].[Na+].[OH-]. The molecule has 0 aromatic heterocycles. The van der Waals surface area contributed by atoms with Crippen LogP contribution in [-0.2, 0) is 14.3 Å². The van der Waals surface area contributed by atoms with E-state index in [-0.39, 0.29) is 161 Å². The summed E-state index contributed by atoms with van der Waals surface area (Å²) in [5, 5.41) is 71.2. The summed E-state index contributed by atoms with van der Waals surface area (Å²) in [4.78, 5) is 17.9. The molecule has 0 aliphatic carbocycles. The van der Waals surface area contributed by atoms with Gasteiger partial charge < -0.3 is 55.9 Å². The Hall–Kier alpha value is 0.520. The Morgan fingerprint density at radius 1 is 0.628 bits per heavy atom. The number of carbonyl (C=O) groups excluding carboxylic acids is 2. The summed E-state index contributed by atoms with van der Waals surface area (Å²) in [7, 11) is 0. The molecule has 0 spiro atoms. The predicted octanol–water partition coefficient (Wildman–Crippen LogP) is -4.35. The quantitative estimate of drug-likeness (QED) is 0.0474. The first-order valence-corrected chi connectivity index (χ1v) is 11.6. The van der Waals surface area contributed by atoms with Gasteiger partial charge in [-0.1, -0.05) is 71.4 Å². The number of rotatable bonds is 16. The van der Waals surface area contributed by atoms with Gasteiger partial charge in [-0.2, -0.15) is 0 Å². The van der Waals surface area contributed by atoms with Gasteiger partial charge in [0.15, 0.2) is 0 Å². The predicted molar refractivity (Wildman–Crippen MR) is 166 cm³/mol. The monoisotopic (exact) mass is 656 g/mol. The third-order valence-electron chi connectivity index (χ3n) is 6.04. The molecule has 0 aliphatic heterocycles. The van der Waals surface area contributed by atoms with Crippen LogP contribution in [0.3, 0.4) is 0 Å². The van der Waals surface area contributed by atoms with E-state index in [2.05, 4.69) is 6.58 Å². The van der Waals surface area contributed by atoms with E-state index in [1.165, 1.54) is 0 Å². The van der Waals surface area contributed by atoms with Crippen LogP contribution in [0, 0.1) is 16.2 Å². The Balaban J connectivity index is -0.0000000321. The van der Waals surface area contributed by atoms with Crippen molar-refractivity contribution in [1.29, 1.82) is 0 Å². The van der Waals surface area contributed by atoms with Gasteiger partial charge in [-0.15, -0.1) is 0 Å². The zero-order chi connectivity index (χ0) is 28.4. The molecule has 0 heterocycles. The van der Waals surface area contributed by atoms with Crippen molar-refractivity contribution in [2.24, 2.45) is 16.2 Å². The minimum atomic E-state index is -0.667. The molecule has 0 aromatic rings. The van der Waals surface area contributed by atoms with E-state index in [0.717, 1.165) is 12.7 Å². The van der Waals surface area contributed by atoms with Crippen molar-refractivity contribution < 1.29 is 120 Å². The summed E-state index contributed by atoms with van der Waals surface area (Å²) < 4.78 is 5.47. The summed E-state index contributed by atoms with van der Waals surface area (Å²) in [5.41, 5.74) is -1.27. The molecule has 0 aromatic carbocycles. The van der Waals surface area contributed by atoms with Gasteiger partial charge >= 0.3 is 59.1 Å². The first-order chi connectivity index (χ1) is 16.5. The van der Waals surface area contributed by atoms with Crippen molar-refractivity contribution in [1.82, 2.24) is 0 Å². The van der Waals surface area contributed by atoms with E-state index in [0.29, 0.717) is 24.8 Å². The Morgan fingerprint density at radius 2 is 0.837 bits per heavy atom. The van der Waals surface area contributed by atoms with Crippen LogP contribution >= 0.6 is 0 Å². The second-order valence-corrected chi connectivity index (χ2v) is 8.39. The Morgan fingerprint density at radius 3 is 0.907 bits per heavy atom. The number of hydrogen-bond donors (Lipinski definition) is 7. The summed E-state index contributed by atoms with van der Waals surface area (Å²) in [6.45, 7) is 9.80. The third kappa shape index (κ3) is 38.6. The molecule has 0 radical (unpaired) electrons. The molecule has 43 heavy (non-hydrogen) atoms. The van der Waals surface area contributed by atoms with Gasteiger partial charge in [-0.25, -0.2) is 0 Å². The number of carboxylic acid groups (broad SMARTS) is 1. The minimum absolute atomic E-state index is 0. The van der Waals surface area contributed by atoms with Gasteiger partial charge in [0.25, 0.3) is 0 Å². The molecule has 0 rings (SSSR count). The molecule has 0 bridgehead atoms. The largest absolute Gasteiger partial charge is 1.00 e. The van der Waals surface area contributed by atoms with Crippen LogP contribution in [-0.4, -0.2) is 113 Å². The number of hydrogen-bond acceptors (Lipinski definition) is 12. The second-order valence-electron chi connectivity index (χ2n) is 8.39. The van der Waals surface area contributed by atoms with Gasteiger partial charge in [-0.05, 0) is 31.3 Å². The van der Waals surface area contributed by atoms with Gasteiger partial charge in [0.05, 0.1) is 59.5 Å². The second kappa shape index (κ2) is 52.1. The molecule has 8 N–H and O–H groups in total. The number of ether oxygens (including phenoxy) is 1. The Bertz CT molecular complexity index is 448. The molecule has 0 fully saturated rings. The van der Waals surface area contributed by atoms with Gasteiger partial charge in [-0.3, -0.25) is 4.79 Å². The van der Waals surface area contributed by atoms with Crippen LogP contribution in [0.1, 0.15) is 90.5 Å². The van der Waals surface area contributed by atoms with Crippen molar-refractivity contribution in [3.8, 4) is 0 Å². The zero-order valence-electron chi connectivity index (χ0n) is 24.3. The molecule has 12 nitrogen and oxygen atoms in total. The average Bonchev–Trinajstić information content (AvgIpc) is 2.92. The minimum Gasteiger partial charge on any atom is -0.870 e. The summed E-state index contributed by atoms with van der Waals surface area (Å²) in [6, 6.07) is 0. The van der Waals surface area contributed by atoms with Crippen molar-refractivity contribution in [2.75, 3.05) is 59.5 Å². The van der Waals surface area contributed by atoms with Crippen LogP contribution in [0.25, 0.3) is 0 Å². The molecule has 0 atom stereocenters. The molecule has 0 amide bonds. The van der Waals surface area contributed by atoms with Crippen molar-refractivity contribution in [3.63, 3.8) is 0 Å². The molecular weight excluding hydrogens is 586 g/mol. The topological polar surface area (TPSA) is 238 Å². The van der Waals surface area contributed by atoms with Crippen molar-refractivity contribution in [2.45, 2.75) is 90.5 Å². The number of aliphatic hydroxyl groups is 7. The molecule has 0 saturated carbocycles. The normalized spacial score (nSPS) is 9.00. The van der Waals surface area contributed by atoms with E-state index in [1.54, 1.807) is 0 Å². The number of allylic oxidation sites excluding steroid dienone is 1. The van der Waals surface area contributed by atoms with E-state index in [1.807, 2.05) is 27.7 Å². The molecule has 260 valence electrons. The van der Waals surface area contributed by atoms with Gasteiger partial charge in [0.2, 0.25) is 0 Å². The number of carbonyl (C=O) groups is 2. The Labute approximate surface area is 308 Å². The fraction of sp³-hybridized carbons (Fsp3) is 0.862. The zero-order valence-corrected chi connectivity index (χ0v) is 28.3. The van der Waals surface area contributed by atoms with E-state index in [4.69, 9.17) is 30.0 Å². The average molecular weight is 657 g/mol. The molecular formula is C29H70Na2O12. The van der Waals surface area contributed by atoms with Gasteiger partial charge in [0.1, 0.15) is 6.29 Å². The van der Waals surface area contributed by atoms with Crippen LogP contribution in [0.5, 0.6) is 0 Å². The van der Waals surface area contributed by atoms with E-state index in [9.17, 15) is 25.2 Å². The Kier molecular flexibility index (Phi) is 95.9. The van der Waals surface area contributed by atoms with Crippen molar-refractivity contribution >= 4 is 12.8 Å². The first-order valence-electron chi connectivity index (χ1n) is 11.6. The van der Waals surface area contributed by atoms with E-state index < -0.39 is 22.7 Å². The maximum absolute atomic E-state index is 9.64. The smallest absolute Gasteiger partial charge is 0.870 e. The standard InChI is InChI=1S/C12H26O5.C6H14O3.C5H8O.CH2O2.5CH4.2Na.H2O/c1-3-11(5-13,6-14)9-17-10-12(4-2,7-15)8-16;1-2-6(3-7,4-8)5-9;1-3-5(2)4-6;2-1-3;;;;;;;;/h13-16H,3-10H2,1-2H3;7-9H,2-5H2,1H3;4H,2-3H2,1H3;1H,(H,2,3);5*1H4;;;1H2/q;;;;;;;;;2*+1;/p-2. The molecule has 14 heteroatoms. The molecule has 0 unspecified atom stereocenters. The maximum Gasteiger partial charge on any atom is 1.00 e.